The molecular formula is C21H20F3N9. The van der Waals surface area contributed by atoms with E-state index in [0.29, 0.717) is 22.9 Å². The molecule has 0 unspecified atom stereocenters. The zero-order valence-electron chi connectivity index (χ0n) is 17.3. The van der Waals surface area contributed by atoms with Crippen molar-refractivity contribution in [3.05, 3.63) is 54.6 Å². The number of nitrogens with one attached hydrogen (secondary N) is 3. The maximum atomic E-state index is 12.9. The highest BCUT2D eigenvalue weighted by atomic mass is 19.4. The third-order valence-corrected chi connectivity index (χ3v) is 5.28. The lowest BCUT2D eigenvalue weighted by Gasteiger charge is -2.24. The Labute approximate surface area is 186 Å². The normalized spacial score (nSPS) is 15.0. The molecule has 0 bridgehead atoms. The first-order chi connectivity index (χ1) is 16.0. The molecule has 1 fully saturated rings. The van der Waals surface area contributed by atoms with Gasteiger partial charge in [0.25, 0.3) is 0 Å². The number of hydrogen-bond acceptors (Lipinski definition) is 8. The van der Waals surface area contributed by atoms with Gasteiger partial charge in [-0.2, -0.15) is 13.2 Å². The predicted octanol–water partition coefficient (Wildman–Crippen LogP) is 3.51. The van der Waals surface area contributed by atoms with E-state index in [9.17, 15) is 13.2 Å². The molecule has 5 heterocycles. The molecule has 4 aromatic heterocycles. The topological polar surface area (TPSA) is 105 Å². The zero-order valence-corrected chi connectivity index (χ0v) is 17.3. The van der Waals surface area contributed by atoms with E-state index in [1.807, 2.05) is 12.1 Å². The number of pyridine rings is 1. The lowest BCUT2D eigenvalue weighted by Crippen LogP contribution is -2.35. The molecule has 0 aliphatic carbocycles. The van der Waals surface area contributed by atoms with Crippen molar-refractivity contribution in [1.82, 2.24) is 34.9 Å². The summed E-state index contributed by atoms with van der Waals surface area (Å²) in [6, 6.07) is 7.74. The highest BCUT2D eigenvalue weighted by molar-refractivity contribution is 5.63. The largest absolute Gasteiger partial charge is 0.433 e. The van der Waals surface area contributed by atoms with Gasteiger partial charge in [-0.15, -0.1) is 5.10 Å². The molecule has 0 spiro atoms. The summed E-state index contributed by atoms with van der Waals surface area (Å²) in [6.45, 7) is 1.95. The fourth-order valence-corrected chi connectivity index (χ4v) is 3.62. The summed E-state index contributed by atoms with van der Waals surface area (Å²) in [5.41, 5.74) is 1.05. The van der Waals surface area contributed by atoms with Gasteiger partial charge in [0.15, 0.2) is 5.65 Å². The molecule has 170 valence electrons. The highest BCUT2D eigenvalue weighted by Crippen LogP contribution is 2.28. The van der Waals surface area contributed by atoms with Gasteiger partial charge in [-0.1, -0.05) is 6.07 Å². The van der Waals surface area contributed by atoms with Gasteiger partial charge in [-0.05, 0) is 50.2 Å². The monoisotopic (exact) mass is 455 g/mol. The molecule has 0 radical (unpaired) electrons. The third kappa shape index (κ3) is 4.70. The van der Waals surface area contributed by atoms with Crippen LogP contribution in [0.2, 0.25) is 0 Å². The molecular weight excluding hydrogens is 435 g/mol. The average Bonchev–Trinajstić information content (AvgIpc) is 3.23. The second-order valence-corrected chi connectivity index (χ2v) is 7.63. The first-order valence-electron chi connectivity index (χ1n) is 10.4. The molecule has 0 saturated carbocycles. The molecule has 1 saturated heterocycles. The van der Waals surface area contributed by atoms with E-state index >= 15 is 0 Å². The summed E-state index contributed by atoms with van der Waals surface area (Å²) < 4.78 is 40.3. The molecule has 33 heavy (non-hydrogen) atoms. The minimum absolute atomic E-state index is 0.00248. The third-order valence-electron chi connectivity index (χ3n) is 5.28. The number of imidazole rings is 1. The Balaban J connectivity index is 1.35. The van der Waals surface area contributed by atoms with Gasteiger partial charge in [0.2, 0.25) is 5.95 Å². The van der Waals surface area contributed by atoms with Crippen LogP contribution >= 0.6 is 0 Å². The maximum Gasteiger partial charge on any atom is 0.433 e. The summed E-state index contributed by atoms with van der Waals surface area (Å²) in [6.07, 6.45) is 2.32. The molecule has 3 N–H and O–H groups in total. The van der Waals surface area contributed by atoms with Crippen molar-refractivity contribution in [3.8, 4) is 11.3 Å². The number of aromatic nitrogens is 6. The number of anilines is 3. The molecule has 4 aromatic rings. The lowest BCUT2D eigenvalue weighted by atomic mass is 10.1. The number of hydrogen-bond donors (Lipinski definition) is 3. The molecule has 1 aliphatic rings. The lowest BCUT2D eigenvalue weighted by molar-refractivity contribution is -0.141. The van der Waals surface area contributed by atoms with Gasteiger partial charge in [-0.25, -0.2) is 24.5 Å². The Bertz CT molecular complexity index is 1250. The van der Waals surface area contributed by atoms with E-state index in [1.54, 1.807) is 23.1 Å². The van der Waals surface area contributed by atoms with E-state index in [1.165, 1.54) is 12.1 Å². The Hall–Kier alpha value is -3.80. The van der Waals surface area contributed by atoms with Crippen LogP contribution in [0, 0.1) is 0 Å². The van der Waals surface area contributed by atoms with Gasteiger partial charge in [0.05, 0.1) is 11.9 Å². The Morgan fingerprint density at radius 1 is 0.939 bits per heavy atom. The fraction of sp³-hybridized carbons (Fsp3) is 0.286. The molecule has 5 rings (SSSR count). The van der Waals surface area contributed by atoms with Crippen molar-refractivity contribution < 1.29 is 13.2 Å². The first kappa shape index (κ1) is 21.1. The van der Waals surface area contributed by atoms with Crippen molar-refractivity contribution >= 4 is 23.2 Å². The minimum Gasteiger partial charge on any atom is -0.366 e. The Morgan fingerprint density at radius 2 is 1.73 bits per heavy atom. The summed E-state index contributed by atoms with van der Waals surface area (Å²) >= 11 is 0. The number of piperidine rings is 1. The standard InChI is InChI=1S/C21H20F3N9/c22-21(23,24)16-2-1-3-17(30-16)31-20-27-10-13(11-28-20)15-12-26-19-5-4-18(32-33(15)19)29-14-6-8-25-9-7-14/h1-5,10-12,14,25H,6-9H2,(H,29,32)(H,27,28,30,31). The fourth-order valence-electron chi connectivity index (χ4n) is 3.62. The van der Waals surface area contributed by atoms with Gasteiger partial charge in [-0.3, -0.25) is 0 Å². The maximum absolute atomic E-state index is 12.9. The first-order valence-corrected chi connectivity index (χ1v) is 10.4. The van der Waals surface area contributed by atoms with Gasteiger partial charge >= 0.3 is 6.18 Å². The molecule has 0 atom stereocenters. The number of nitrogens with zero attached hydrogens (tertiary/aromatic N) is 6. The quantitative estimate of drug-likeness (QED) is 0.420. The van der Waals surface area contributed by atoms with Crippen LogP contribution < -0.4 is 16.0 Å². The van der Waals surface area contributed by atoms with Crippen LogP contribution in [0.15, 0.2) is 48.9 Å². The van der Waals surface area contributed by atoms with Crippen LogP contribution in [0.5, 0.6) is 0 Å². The second-order valence-electron chi connectivity index (χ2n) is 7.63. The summed E-state index contributed by atoms with van der Waals surface area (Å²) in [7, 11) is 0. The van der Waals surface area contributed by atoms with E-state index in [-0.39, 0.29) is 11.8 Å². The number of alkyl halides is 3. The van der Waals surface area contributed by atoms with Crippen LogP contribution in [0.3, 0.4) is 0 Å². The smallest absolute Gasteiger partial charge is 0.366 e. The molecule has 1 aliphatic heterocycles. The van der Waals surface area contributed by atoms with Crippen molar-refractivity contribution in [3.63, 3.8) is 0 Å². The van der Waals surface area contributed by atoms with Crippen LogP contribution in [0.1, 0.15) is 18.5 Å². The average molecular weight is 455 g/mol. The van der Waals surface area contributed by atoms with Crippen molar-refractivity contribution in [2.24, 2.45) is 0 Å². The summed E-state index contributed by atoms with van der Waals surface area (Å²) in [4.78, 5) is 16.4. The van der Waals surface area contributed by atoms with E-state index in [2.05, 4.69) is 41.0 Å². The summed E-state index contributed by atoms with van der Waals surface area (Å²) in [5.74, 6) is 0.881. The molecule has 12 heteroatoms. The SMILES string of the molecule is FC(F)(F)c1cccc(Nc2ncc(-c3cnc4ccc(NC5CCNCC5)nn34)cn2)n1. The van der Waals surface area contributed by atoms with Crippen LogP contribution in [-0.2, 0) is 6.18 Å². The number of halogens is 3. The van der Waals surface area contributed by atoms with E-state index in [0.717, 1.165) is 37.8 Å². The van der Waals surface area contributed by atoms with Crippen LogP contribution in [0.4, 0.5) is 30.8 Å². The molecule has 0 amide bonds. The summed E-state index contributed by atoms with van der Waals surface area (Å²) in [5, 5.41) is 14.2. The van der Waals surface area contributed by atoms with E-state index < -0.39 is 11.9 Å². The molecule has 0 aromatic carbocycles. The zero-order chi connectivity index (χ0) is 22.8. The van der Waals surface area contributed by atoms with Crippen LogP contribution in [-0.4, -0.2) is 48.7 Å². The molecule has 9 nitrogen and oxygen atoms in total. The van der Waals surface area contributed by atoms with Gasteiger partial charge in [0.1, 0.15) is 17.3 Å². The number of rotatable bonds is 5. The minimum atomic E-state index is -4.53. The highest BCUT2D eigenvalue weighted by Gasteiger charge is 2.32. The second kappa shape index (κ2) is 8.62. The Kier molecular flexibility index (Phi) is 5.50. The Morgan fingerprint density at radius 3 is 2.48 bits per heavy atom. The van der Waals surface area contributed by atoms with Gasteiger partial charge < -0.3 is 16.0 Å². The van der Waals surface area contributed by atoms with Crippen molar-refractivity contribution in [2.45, 2.75) is 25.1 Å². The van der Waals surface area contributed by atoms with Crippen molar-refractivity contribution in [2.75, 3.05) is 23.7 Å². The predicted molar refractivity (Wildman–Crippen MR) is 116 cm³/mol. The number of fused-ring (bicyclic) bond motifs is 1. The van der Waals surface area contributed by atoms with E-state index in [4.69, 9.17) is 0 Å². The van der Waals surface area contributed by atoms with Crippen molar-refractivity contribution in [1.29, 1.82) is 0 Å². The van der Waals surface area contributed by atoms with Crippen LogP contribution in [0.25, 0.3) is 16.9 Å². The van der Waals surface area contributed by atoms with Gasteiger partial charge in [0, 0.05) is 24.0 Å².